The molecule has 4 heterocycles. The van der Waals surface area contributed by atoms with E-state index in [-0.39, 0.29) is 17.9 Å². The number of carbonyl (C=O) groups is 1. The molecule has 23 heavy (non-hydrogen) atoms. The average molecular weight is 320 g/mol. The van der Waals surface area contributed by atoms with Crippen molar-refractivity contribution in [2.45, 2.75) is 12.6 Å². The number of nitrogens with zero attached hydrogens (tertiary/aromatic N) is 4. The highest BCUT2D eigenvalue weighted by Crippen LogP contribution is 2.35. The van der Waals surface area contributed by atoms with Crippen molar-refractivity contribution in [3.8, 4) is 0 Å². The van der Waals surface area contributed by atoms with Crippen LogP contribution >= 0.6 is 0 Å². The topological polar surface area (TPSA) is 59.8 Å². The van der Waals surface area contributed by atoms with E-state index in [1.807, 2.05) is 29.0 Å². The van der Waals surface area contributed by atoms with Crippen LogP contribution in [-0.2, 0) is 27.9 Å². The van der Waals surface area contributed by atoms with E-state index < -0.39 is 0 Å². The van der Waals surface area contributed by atoms with Gasteiger partial charge in [0.25, 0.3) is 0 Å². The molecule has 1 aromatic heterocycles. The molecule has 126 valence electrons. The van der Waals surface area contributed by atoms with Crippen molar-refractivity contribution in [1.82, 2.24) is 19.6 Å². The zero-order valence-electron chi connectivity index (χ0n) is 13.6. The molecule has 0 radical (unpaired) electrons. The lowest BCUT2D eigenvalue weighted by molar-refractivity contribution is -0.140. The fraction of sp³-hybridized carbons (Fsp3) is 0.750. The van der Waals surface area contributed by atoms with Crippen LogP contribution in [0.15, 0.2) is 12.4 Å². The summed E-state index contributed by atoms with van der Waals surface area (Å²) in [6.07, 6.45) is 4.15. The number of morpholine rings is 1. The Balaban J connectivity index is 1.38. The first-order chi connectivity index (χ1) is 11.2. The van der Waals surface area contributed by atoms with Crippen LogP contribution in [0.5, 0.6) is 0 Å². The molecule has 3 aliphatic rings. The summed E-state index contributed by atoms with van der Waals surface area (Å²) >= 11 is 0. The van der Waals surface area contributed by atoms with Gasteiger partial charge >= 0.3 is 0 Å². The average Bonchev–Trinajstić information content (AvgIpc) is 3.24. The summed E-state index contributed by atoms with van der Waals surface area (Å²) in [4.78, 5) is 17.1. The van der Waals surface area contributed by atoms with Crippen molar-refractivity contribution in [3.05, 3.63) is 18.0 Å². The summed E-state index contributed by atoms with van der Waals surface area (Å²) in [5.41, 5.74) is 1.21. The molecule has 0 bridgehead atoms. The number of hydrogen-bond donors (Lipinski definition) is 0. The molecular formula is C16H24N4O3. The van der Waals surface area contributed by atoms with E-state index >= 15 is 0 Å². The minimum absolute atomic E-state index is 0.0111. The molecule has 0 unspecified atom stereocenters. The van der Waals surface area contributed by atoms with E-state index in [0.717, 1.165) is 19.6 Å². The zero-order valence-corrected chi connectivity index (χ0v) is 13.6. The Morgan fingerprint density at radius 3 is 2.91 bits per heavy atom. The first kappa shape index (κ1) is 15.1. The lowest BCUT2D eigenvalue weighted by Gasteiger charge is -2.30. The smallest absolute Gasteiger partial charge is 0.228 e. The fourth-order valence-corrected chi connectivity index (χ4v) is 4.01. The van der Waals surface area contributed by atoms with E-state index in [1.54, 1.807) is 0 Å². The van der Waals surface area contributed by atoms with Crippen LogP contribution in [0.4, 0.5) is 0 Å². The van der Waals surface area contributed by atoms with E-state index in [4.69, 9.17) is 9.47 Å². The monoisotopic (exact) mass is 320 g/mol. The maximum Gasteiger partial charge on any atom is 0.228 e. The first-order valence-corrected chi connectivity index (χ1v) is 8.39. The summed E-state index contributed by atoms with van der Waals surface area (Å²) in [6, 6.07) is 0. The third kappa shape index (κ3) is 3.00. The van der Waals surface area contributed by atoms with Gasteiger partial charge in [-0.05, 0) is 0 Å². The Hall–Kier alpha value is -1.44. The number of rotatable bonds is 3. The summed E-state index contributed by atoms with van der Waals surface area (Å²) in [5, 5.41) is 4.22. The molecule has 0 aromatic carbocycles. The summed E-state index contributed by atoms with van der Waals surface area (Å²) in [5.74, 6) is 0.586. The van der Waals surface area contributed by atoms with Gasteiger partial charge in [0, 0.05) is 57.4 Å². The third-order valence-corrected chi connectivity index (χ3v) is 5.20. The largest absolute Gasteiger partial charge is 0.378 e. The Kier molecular flexibility index (Phi) is 4.09. The highest BCUT2D eigenvalue weighted by molar-refractivity contribution is 5.80. The molecule has 3 aliphatic heterocycles. The van der Waals surface area contributed by atoms with Crippen molar-refractivity contribution in [2.75, 3.05) is 46.0 Å². The highest BCUT2D eigenvalue weighted by Gasteiger charge is 2.47. The summed E-state index contributed by atoms with van der Waals surface area (Å²) in [6.45, 7) is 6.03. The predicted octanol–water partition coefficient (Wildman–Crippen LogP) is -0.274. The van der Waals surface area contributed by atoms with Gasteiger partial charge in [-0.3, -0.25) is 14.4 Å². The number of ether oxygens (including phenoxy) is 2. The van der Waals surface area contributed by atoms with Gasteiger partial charge < -0.3 is 14.4 Å². The second-order valence-electron chi connectivity index (χ2n) is 6.80. The van der Waals surface area contributed by atoms with Crippen molar-refractivity contribution >= 4 is 5.91 Å². The van der Waals surface area contributed by atoms with E-state index in [1.165, 1.54) is 5.56 Å². The van der Waals surface area contributed by atoms with Crippen LogP contribution in [-0.4, -0.2) is 77.6 Å². The molecule has 7 heteroatoms. The molecule has 3 saturated heterocycles. The van der Waals surface area contributed by atoms with Gasteiger partial charge in [-0.1, -0.05) is 0 Å². The van der Waals surface area contributed by atoms with E-state index in [0.29, 0.717) is 38.8 Å². The maximum atomic E-state index is 12.8. The van der Waals surface area contributed by atoms with Crippen LogP contribution in [0.3, 0.4) is 0 Å². The number of aryl methyl sites for hydroxylation is 1. The van der Waals surface area contributed by atoms with Gasteiger partial charge in [0.05, 0.1) is 38.0 Å². The SMILES string of the molecule is Cn1cc(CN2C[C@@H]3[C@H](C2)OC[C@H]3C(=O)N2CCOCC2)cn1. The van der Waals surface area contributed by atoms with Crippen LogP contribution in [0.1, 0.15) is 5.56 Å². The van der Waals surface area contributed by atoms with Gasteiger partial charge in [-0.25, -0.2) is 0 Å². The quantitative estimate of drug-likeness (QED) is 0.767. The fourth-order valence-electron chi connectivity index (χ4n) is 4.01. The standard InChI is InChI=1S/C16H24N4O3/c1-18-7-12(6-17-18)8-19-9-13-14(11-23-15(13)10-19)16(21)20-2-4-22-5-3-20/h6-7,13-15H,2-5,8-11H2,1H3/t13-,14+,15-/m0/s1. The Morgan fingerprint density at radius 2 is 2.17 bits per heavy atom. The van der Waals surface area contributed by atoms with Crippen molar-refractivity contribution in [3.63, 3.8) is 0 Å². The number of fused-ring (bicyclic) bond motifs is 1. The minimum atomic E-state index is 0.0111. The summed E-state index contributed by atoms with van der Waals surface area (Å²) in [7, 11) is 1.93. The van der Waals surface area contributed by atoms with Crippen LogP contribution in [0.25, 0.3) is 0 Å². The Labute approximate surface area is 136 Å². The Morgan fingerprint density at radius 1 is 1.35 bits per heavy atom. The van der Waals surface area contributed by atoms with Crippen molar-refractivity contribution in [1.29, 1.82) is 0 Å². The Bertz CT molecular complexity index is 569. The molecule has 1 aromatic rings. The molecule has 3 fully saturated rings. The second kappa shape index (κ2) is 6.22. The van der Waals surface area contributed by atoms with Gasteiger partial charge in [0.2, 0.25) is 5.91 Å². The summed E-state index contributed by atoms with van der Waals surface area (Å²) < 4.78 is 13.1. The normalized spacial score (nSPS) is 31.5. The van der Waals surface area contributed by atoms with Gasteiger partial charge in [0.15, 0.2) is 0 Å². The van der Waals surface area contributed by atoms with Gasteiger partial charge in [-0.2, -0.15) is 5.10 Å². The number of carbonyl (C=O) groups excluding carboxylic acids is 1. The van der Waals surface area contributed by atoms with Crippen molar-refractivity contribution < 1.29 is 14.3 Å². The van der Waals surface area contributed by atoms with Gasteiger partial charge in [-0.15, -0.1) is 0 Å². The molecule has 3 atom stereocenters. The molecular weight excluding hydrogens is 296 g/mol. The zero-order chi connectivity index (χ0) is 15.8. The van der Waals surface area contributed by atoms with Gasteiger partial charge in [0.1, 0.15) is 0 Å². The lowest BCUT2D eigenvalue weighted by Crippen LogP contribution is -2.46. The van der Waals surface area contributed by atoms with E-state index in [9.17, 15) is 4.79 Å². The van der Waals surface area contributed by atoms with Crippen molar-refractivity contribution in [2.24, 2.45) is 18.9 Å². The molecule has 1 amide bonds. The number of likely N-dealkylation sites (tertiary alicyclic amines) is 1. The van der Waals surface area contributed by atoms with Crippen LogP contribution in [0.2, 0.25) is 0 Å². The maximum absolute atomic E-state index is 12.8. The third-order valence-electron chi connectivity index (χ3n) is 5.20. The molecule has 7 nitrogen and oxygen atoms in total. The second-order valence-corrected chi connectivity index (χ2v) is 6.80. The lowest BCUT2D eigenvalue weighted by atomic mass is 9.92. The first-order valence-electron chi connectivity index (χ1n) is 8.39. The molecule has 0 saturated carbocycles. The molecule has 0 N–H and O–H groups in total. The molecule has 0 spiro atoms. The minimum Gasteiger partial charge on any atom is -0.378 e. The predicted molar refractivity (Wildman–Crippen MR) is 82.6 cm³/mol. The molecule has 0 aliphatic carbocycles. The molecule has 4 rings (SSSR count). The van der Waals surface area contributed by atoms with E-state index in [2.05, 4.69) is 10.00 Å². The number of amides is 1. The van der Waals surface area contributed by atoms with Crippen LogP contribution < -0.4 is 0 Å². The number of hydrogen-bond acceptors (Lipinski definition) is 5. The number of aromatic nitrogens is 2. The highest BCUT2D eigenvalue weighted by atomic mass is 16.5. The van der Waals surface area contributed by atoms with Crippen LogP contribution in [0, 0.1) is 11.8 Å².